The Morgan fingerprint density at radius 3 is 2.83 bits per heavy atom. The number of benzene rings is 1. The summed E-state index contributed by atoms with van der Waals surface area (Å²) in [5, 5.41) is 6.25. The molecule has 1 aromatic carbocycles. The first-order valence-corrected chi connectivity index (χ1v) is 7.66. The molecule has 0 radical (unpaired) electrons. The molecule has 0 aliphatic carbocycles. The summed E-state index contributed by atoms with van der Waals surface area (Å²) in [6, 6.07) is 10.2. The lowest BCUT2D eigenvalue weighted by atomic mass is 10.1. The second kappa shape index (κ2) is 6.68. The van der Waals surface area contributed by atoms with Gasteiger partial charge in [0.2, 0.25) is 0 Å². The monoisotopic (exact) mass is 344 g/mol. The highest BCUT2D eigenvalue weighted by molar-refractivity contribution is 9.10. The van der Waals surface area contributed by atoms with Crippen LogP contribution in [0, 0.1) is 0 Å². The number of rotatable bonds is 5. The lowest BCUT2D eigenvalue weighted by molar-refractivity contribution is 0.545. The third-order valence-corrected chi connectivity index (χ3v) is 4.77. The molecule has 0 aliphatic rings. The van der Waals surface area contributed by atoms with Gasteiger partial charge in [0.1, 0.15) is 0 Å². The number of nitrogens with two attached hydrogens (primary N) is 1. The fourth-order valence-electron chi connectivity index (χ4n) is 1.70. The first-order valence-electron chi connectivity index (χ1n) is 5.61. The predicted molar refractivity (Wildman–Crippen MR) is 82.1 cm³/mol. The van der Waals surface area contributed by atoms with Crippen molar-refractivity contribution >= 4 is 38.9 Å². The van der Waals surface area contributed by atoms with Crippen molar-refractivity contribution in [2.75, 3.05) is 6.54 Å². The number of halogens is 2. The molecule has 1 unspecified atom stereocenters. The third-order valence-electron chi connectivity index (χ3n) is 2.68. The van der Waals surface area contributed by atoms with Crippen molar-refractivity contribution in [1.29, 1.82) is 0 Å². The van der Waals surface area contributed by atoms with Crippen LogP contribution in [-0.4, -0.2) is 6.54 Å². The standard InChI is InChI=1S/C13H14BrClN2S/c14-11-6-9(3-4-12(11)15)13(7-16)17-8-10-2-1-5-18-10/h1-6,13,17H,7-8,16H2. The van der Waals surface area contributed by atoms with Crippen LogP contribution in [-0.2, 0) is 6.54 Å². The third kappa shape index (κ3) is 3.56. The minimum Gasteiger partial charge on any atom is -0.329 e. The zero-order valence-corrected chi connectivity index (χ0v) is 12.9. The number of thiophene rings is 1. The molecular weight excluding hydrogens is 332 g/mol. The molecule has 0 saturated carbocycles. The van der Waals surface area contributed by atoms with E-state index in [0.29, 0.717) is 11.6 Å². The molecule has 96 valence electrons. The lowest BCUT2D eigenvalue weighted by Crippen LogP contribution is -2.27. The molecular formula is C13H14BrClN2S. The highest BCUT2D eigenvalue weighted by Gasteiger charge is 2.10. The lowest BCUT2D eigenvalue weighted by Gasteiger charge is -2.17. The Bertz CT molecular complexity index is 502. The summed E-state index contributed by atoms with van der Waals surface area (Å²) < 4.78 is 0.901. The van der Waals surface area contributed by atoms with E-state index in [-0.39, 0.29) is 6.04 Å². The fourth-order valence-corrected chi connectivity index (χ4v) is 2.87. The van der Waals surface area contributed by atoms with E-state index in [4.69, 9.17) is 17.3 Å². The molecule has 1 aromatic heterocycles. The van der Waals surface area contributed by atoms with Gasteiger partial charge < -0.3 is 11.1 Å². The maximum atomic E-state index is 5.99. The second-order valence-electron chi connectivity index (χ2n) is 3.92. The van der Waals surface area contributed by atoms with E-state index in [2.05, 4.69) is 38.8 Å². The molecule has 2 rings (SSSR count). The van der Waals surface area contributed by atoms with Crippen molar-refractivity contribution in [3.63, 3.8) is 0 Å². The van der Waals surface area contributed by atoms with Crippen molar-refractivity contribution < 1.29 is 0 Å². The van der Waals surface area contributed by atoms with E-state index in [1.165, 1.54) is 4.88 Å². The first-order chi connectivity index (χ1) is 8.70. The summed E-state index contributed by atoms with van der Waals surface area (Å²) in [4.78, 5) is 1.31. The van der Waals surface area contributed by atoms with Crippen LogP contribution >= 0.6 is 38.9 Å². The molecule has 0 amide bonds. The molecule has 2 nitrogen and oxygen atoms in total. The molecule has 0 bridgehead atoms. The topological polar surface area (TPSA) is 38.0 Å². The Kier molecular flexibility index (Phi) is 5.21. The zero-order valence-electron chi connectivity index (χ0n) is 9.70. The molecule has 1 heterocycles. The van der Waals surface area contributed by atoms with Gasteiger partial charge in [-0.1, -0.05) is 23.7 Å². The van der Waals surface area contributed by atoms with Crippen LogP contribution in [0.15, 0.2) is 40.2 Å². The van der Waals surface area contributed by atoms with Gasteiger partial charge in [0.15, 0.2) is 0 Å². The Hall–Kier alpha value is -0.390. The van der Waals surface area contributed by atoms with Crippen molar-refractivity contribution in [1.82, 2.24) is 5.32 Å². The SMILES string of the molecule is NCC(NCc1cccs1)c1ccc(Cl)c(Br)c1. The number of nitrogens with one attached hydrogen (secondary N) is 1. The average molecular weight is 346 g/mol. The van der Waals surface area contributed by atoms with E-state index in [1.54, 1.807) is 11.3 Å². The fraction of sp³-hybridized carbons (Fsp3) is 0.231. The van der Waals surface area contributed by atoms with Gasteiger partial charge in [-0.05, 0) is 45.1 Å². The number of hydrogen-bond donors (Lipinski definition) is 2. The van der Waals surface area contributed by atoms with E-state index < -0.39 is 0 Å². The van der Waals surface area contributed by atoms with E-state index in [0.717, 1.165) is 16.6 Å². The van der Waals surface area contributed by atoms with E-state index in [9.17, 15) is 0 Å². The Morgan fingerprint density at radius 1 is 1.39 bits per heavy atom. The normalized spacial score (nSPS) is 12.6. The van der Waals surface area contributed by atoms with Crippen LogP contribution in [0.2, 0.25) is 5.02 Å². The minimum atomic E-state index is 0.140. The van der Waals surface area contributed by atoms with E-state index >= 15 is 0 Å². The van der Waals surface area contributed by atoms with Gasteiger partial charge in [0.05, 0.1) is 5.02 Å². The smallest absolute Gasteiger partial charge is 0.0548 e. The maximum Gasteiger partial charge on any atom is 0.0548 e. The molecule has 0 saturated heterocycles. The summed E-state index contributed by atoms with van der Waals surface area (Å²) in [5.41, 5.74) is 6.97. The predicted octanol–water partition coefficient (Wildman–Crippen LogP) is 3.95. The number of hydrogen-bond acceptors (Lipinski definition) is 3. The average Bonchev–Trinajstić information content (AvgIpc) is 2.87. The highest BCUT2D eigenvalue weighted by Crippen LogP contribution is 2.26. The maximum absolute atomic E-state index is 5.99. The van der Waals surface area contributed by atoms with Crippen molar-refractivity contribution in [3.05, 3.63) is 55.6 Å². The van der Waals surface area contributed by atoms with Crippen LogP contribution in [0.25, 0.3) is 0 Å². The van der Waals surface area contributed by atoms with E-state index in [1.807, 2.05) is 18.2 Å². The molecule has 1 atom stereocenters. The van der Waals surface area contributed by atoms with Gasteiger partial charge in [-0.2, -0.15) is 0 Å². The van der Waals surface area contributed by atoms with Gasteiger partial charge in [-0.15, -0.1) is 11.3 Å². The van der Waals surface area contributed by atoms with Crippen LogP contribution in [0.5, 0.6) is 0 Å². The Labute approximate surface area is 124 Å². The minimum absolute atomic E-state index is 0.140. The van der Waals surface area contributed by atoms with Crippen molar-refractivity contribution in [2.45, 2.75) is 12.6 Å². The van der Waals surface area contributed by atoms with Gasteiger partial charge >= 0.3 is 0 Å². The van der Waals surface area contributed by atoms with Crippen LogP contribution < -0.4 is 11.1 Å². The van der Waals surface area contributed by atoms with Crippen molar-refractivity contribution in [3.8, 4) is 0 Å². The van der Waals surface area contributed by atoms with Crippen LogP contribution in [0.3, 0.4) is 0 Å². The molecule has 3 N–H and O–H groups in total. The zero-order chi connectivity index (χ0) is 13.0. The van der Waals surface area contributed by atoms with Crippen LogP contribution in [0.1, 0.15) is 16.5 Å². The summed E-state index contributed by atoms with van der Waals surface area (Å²) in [7, 11) is 0. The van der Waals surface area contributed by atoms with Gasteiger partial charge in [-0.3, -0.25) is 0 Å². The van der Waals surface area contributed by atoms with Gasteiger partial charge in [0.25, 0.3) is 0 Å². The second-order valence-corrected chi connectivity index (χ2v) is 6.22. The largest absolute Gasteiger partial charge is 0.329 e. The molecule has 5 heteroatoms. The highest BCUT2D eigenvalue weighted by atomic mass is 79.9. The Balaban J connectivity index is 2.05. The molecule has 0 aliphatic heterocycles. The molecule has 2 aromatic rings. The molecule has 0 fully saturated rings. The molecule has 0 spiro atoms. The Morgan fingerprint density at radius 2 is 2.22 bits per heavy atom. The summed E-state index contributed by atoms with van der Waals surface area (Å²) in [6.45, 7) is 1.39. The molecule has 18 heavy (non-hydrogen) atoms. The van der Waals surface area contributed by atoms with Crippen molar-refractivity contribution in [2.24, 2.45) is 5.73 Å². The summed E-state index contributed by atoms with van der Waals surface area (Å²) in [6.07, 6.45) is 0. The first kappa shape index (κ1) is 14.0. The summed E-state index contributed by atoms with van der Waals surface area (Å²) in [5.74, 6) is 0. The van der Waals surface area contributed by atoms with Crippen LogP contribution in [0.4, 0.5) is 0 Å². The van der Waals surface area contributed by atoms with Gasteiger partial charge in [0, 0.05) is 28.5 Å². The quantitative estimate of drug-likeness (QED) is 0.861. The van der Waals surface area contributed by atoms with Gasteiger partial charge in [-0.25, -0.2) is 0 Å². The summed E-state index contributed by atoms with van der Waals surface area (Å²) >= 11 is 11.2.